The molecule has 0 aliphatic rings. The van der Waals surface area contributed by atoms with Crippen LogP contribution in [0, 0.1) is 0 Å². The van der Waals surface area contributed by atoms with Crippen molar-refractivity contribution in [2.45, 2.75) is 0 Å². The normalized spacial score (nSPS) is 10.3. The van der Waals surface area contributed by atoms with E-state index in [0.29, 0.717) is 11.4 Å². The van der Waals surface area contributed by atoms with Crippen molar-refractivity contribution in [3.63, 3.8) is 0 Å². The third-order valence-corrected chi connectivity index (χ3v) is 2.72. The van der Waals surface area contributed by atoms with Crippen LogP contribution < -0.4 is 21.6 Å². The Labute approximate surface area is 105 Å². The molecular formula is C13H14N3O2-. The molecule has 0 heterocycles. The van der Waals surface area contributed by atoms with Crippen LogP contribution in [0.1, 0.15) is 0 Å². The molecule has 94 valence electrons. The Hall–Kier alpha value is -2.40. The van der Waals surface area contributed by atoms with E-state index < -0.39 is 0 Å². The maximum atomic E-state index is 11.2. The summed E-state index contributed by atoms with van der Waals surface area (Å²) >= 11 is 0. The third kappa shape index (κ3) is 2.16. The van der Waals surface area contributed by atoms with Gasteiger partial charge in [0.05, 0.1) is 11.4 Å². The molecule has 0 atom stereocenters. The summed E-state index contributed by atoms with van der Waals surface area (Å²) in [5, 5.41) is 21.5. The Bertz CT molecular complexity index is 582. The molecule has 0 aliphatic carbocycles. The summed E-state index contributed by atoms with van der Waals surface area (Å²) in [6.07, 6.45) is 0. The minimum Gasteiger partial charge on any atom is -0.871 e. The Morgan fingerprint density at radius 3 is 2.06 bits per heavy atom. The standard InChI is InChI=1S/C13H15N3O2/c1-16(18)12-4-2-8(6-10(12)14)9-3-5-13(17)11(15)7-9/h2-7,17-18H,14-15H2,1H3/p-1. The molecule has 0 aliphatic heterocycles. The zero-order chi connectivity index (χ0) is 13.3. The molecule has 0 saturated carbocycles. The number of nitrogen functional groups attached to an aromatic ring is 2. The first-order valence-corrected chi connectivity index (χ1v) is 5.38. The smallest absolute Gasteiger partial charge is 0.0860 e. The zero-order valence-corrected chi connectivity index (χ0v) is 9.92. The van der Waals surface area contributed by atoms with Gasteiger partial charge in [-0.3, -0.25) is 10.3 Å². The SMILES string of the molecule is CN(O)c1ccc(-c2ccc([O-])c(N)c2)cc1N. The van der Waals surface area contributed by atoms with Crippen molar-refractivity contribution in [1.82, 2.24) is 0 Å². The van der Waals surface area contributed by atoms with Crippen LogP contribution in [0.4, 0.5) is 17.1 Å². The average Bonchev–Trinajstić information content (AvgIpc) is 2.32. The highest BCUT2D eigenvalue weighted by Crippen LogP contribution is 2.30. The van der Waals surface area contributed by atoms with Gasteiger partial charge >= 0.3 is 0 Å². The van der Waals surface area contributed by atoms with Gasteiger partial charge in [-0.1, -0.05) is 23.9 Å². The minimum absolute atomic E-state index is 0.196. The Balaban J connectivity index is 2.45. The molecule has 0 radical (unpaired) electrons. The fourth-order valence-corrected chi connectivity index (χ4v) is 1.76. The first-order valence-electron chi connectivity index (χ1n) is 5.38. The second-order valence-electron chi connectivity index (χ2n) is 4.05. The topological polar surface area (TPSA) is 98.6 Å². The largest absolute Gasteiger partial charge is 0.871 e. The minimum atomic E-state index is -0.196. The molecule has 0 amide bonds. The number of anilines is 3. The predicted octanol–water partition coefficient (Wildman–Crippen LogP) is 1.42. The summed E-state index contributed by atoms with van der Waals surface area (Å²) in [6.45, 7) is 0. The molecule has 5 heteroatoms. The van der Waals surface area contributed by atoms with Crippen LogP contribution in [0.25, 0.3) is 11.1 Å². The second-order valence-corrected chi connectivity index (χ2v) is 4.05. The van der Waals surface area contributed by atoms with E-state index in [0.717, 1.165) is 16.2 Å². The fourth-order valence-electron chi connectivity index (χ4n) is 1.76. The van der Waals surface area contributed by atoms with Crippen molar-refractivity contribution in [3.05, 3.63) is 36.4 Å². The number of rotatable bonds is 2. The van der Waals surface area contributed by atoms with Gasteiger partial charge in [0, 0.05) is 12.7 Å². The third-order valence-electron chi connectivity index (χ3n) is 2.72. The van der Waals surface area contributed by atoms with E-state index in [1.54, 1.807) is 30.3 Å². The van der Waals surface area contributed by atoms with Crippen LogP contribution >= 0.6 is 0 Å². The van der Waals surface area contributed by atoms with Crippen LogP contribution in [-0.2, 0) is 0 Å². The number of hydroxylamine groups is 1. The van der Waals surface area contributed by atoms with Gasteiger partial charge in [-0.05, 0) is 29.3 Å². The molecule has 2 aromatic rings. The van der Waals surface area contributed by atoms with Gasteiger partial charge in [-0.15, -0.1) is 0 Å². The summed E-state index contributed by atoms with van der Waals surface area (Å²) in [7, 11) is 1.50. The number of nitrogens with zero attached hydrogens (tertiary/aromatic N) is 1. The van der Waals surface area contributed by atoms with E-state index in [2.05, 4.69) is 0 Å². The number of hydrogen-bond donors (Lipinski definition) is 3. The average molecular weight is 244 g/mol. The highest BCUT2D eigenvalue weighted by molar-refractivity contribution is 5.77. The van der Waals surface area contributed by atoms with E-state index in [1.165, 1.54) is 13.1 Å². The lowest BCUT2D eigenvalue weighted by Gasteiger charge is -2.15. The summed E-state index contributed by atoms with van der Waals surface area (Å²) in [5.74, 6) is -0.196. The van der Waals surface area contributed by atoms with E-state index in [-0.39, 0.29) is 11.4 Å². The van der Waals surface area contributed by atoms with Crippen LogP contribution in [0.2, 0.25) is 0 Å². The predicted molar refractivity (Wildman–Crippen MR) is 70.3 cm³/mol. The van der Waals surface area contributed by atoms with Crippen molar-refractivity contribution in [1.29, 1.82) is 0 Å². The second kappa shape index (κ2) is 4.46. The van der Waals surface area contributed by atoms with Crippen molar-refractivity contribution in [3.8, 4) is 16.9 Å². The summed E-state index contributed by atoms with van der Waals surface area (Å²) in [4.78, 5) is 0. The fraction of sp³-hybridized carbons (Fsp3) is 0.0769. The van der Waals surface area contributed by atoms with Gasteiger partial charge in [0.25, 0.3) is 0 Å². The summed E-state index contributed by atoms with van der Waals surface area (Å²) in [5.41, 5.74) is 14.2. The number of nitrogens with two attached hydrogens (primary N) is 2. The molecular weight excluding hydrogens is 230 g/mol. The van der Waals surface area contributed by atoms with E-state index in [4.69, 9.17) is 11.5 Å². The quantitative estimate of drug-likeness (QED) is 0.548. The Morgan fingerprint density at radius 2 is 1.56 bits per heavy atom. The van der Waals surface area contributed by atoms with Crippen molar-refractivity contribution in [2.24, 2.45) is 0 Å². The number of hydrogen-bond acceptors (Lipinski definition) is 5. The lowest BCUT2D eigenvalue weighted by molar-refractivity contribution is -0.267. The molecule has 0 unspecified atom stereocenters. The van der Waals surface area contributed by atoms with Gasteiger partial charge in [0.2, 0.25) is 0 Å². The lowest BCUT2D eigenvalue weighted by atomic mass is 10.0. The van der Waals surface area contributed by atoms with Crippen molar-refractivity contribution in [2.75, 3.05) is 23.6 Å². The highest BCUT2D eigenvalue weighted by atomic mass is 16.5. The highest BCUT2D eigenvalue weighted by Gasteiger charge is 2.05. The Morgan fingerprint density at radius 1 is 1.00 bits per heavy atom. The molecule has 5 nitrogen and oxygen atoms in total. The molecule has 2 rings (SSSR count). The van der Waals surface area contributed by atoms with Gasteiger partial charge in [-0.25, -0.2) is 0 Å². The monoisotopic (exact) mass is 244 g/mol. The van der Waals surface area contributed by atoms with E-state index in [1.807, 2.05) is 0 Å². The summed E-state index contributed by atoms with van der Waals surface area (Å²) in [6, 6.07) is 9.95. The van der Waals surface area contributed by atoms with Crippen LogP contribution in [0.3, 0.4) is 0 Å². The van der Waals surface area contributed by atoms with Gasteiger partial charge in [-0.2, -0.15) is 0 Å². The molecule has 18 heavy (non-hydrogen) atoms. The van der Waals surface area contributed by atoms with Crippen LogP contribution in [-0.4, -0.2) is 12.3 Å². The van der Waals surface area contributed by atoms with Crippen molar-refractivity contribution < 1.29 is 10.3 Å². The first kappa shape index (κ1) is 12.1. The van der Waals surface area contributed by atoms with Crippen LogP contribution in [0.15, 0.2) is 36.4 Å². The Kier molecular flexibility index (Phi) is 2.99. The zero-order valence-electron chi connectivity index (χ0n) is 9.92. The lowest BCUT2D eigenvalue weighted by Crippen LogP contribution is -2.11. The number of benzene rings is 2. The van der Waals surface area contributed by atoms with E-state index >= 15 is 0 Å². The van der Waals surface area contributed by atoms with Gasteiger partial charge < -0.3 is 16.6 Å². The maximum absolute atomic E-state index is 11.2. The maximum Gasteiger partial charge on any atom is 0.0860 e. The molecule has 0 saturated heterocycles. The molecule has 5 N–H and O–H groups in total. The van der Waals surface area contributed by atoms with Gasteiger partial charge in [0.1, 0.15) is 0 Å². The summed E-state index contributed by atoms with van der Waals surface area (Å²) < 4.78 is 0. The van der Waals surface area contributed by atoms with E-state index in [9.17, 15) is 10.3 Å². The molecule has 0 fully saturated rings. The van der Waals surface area contributed by atoms with Gasteiger partial charge in [0.15, 0.2) is 0 Å². The first-order chi connectivity index (χ1) is 8.49. The van der Waals surface area contributed by atoms with Crippen molar-refractivity contribution >= 4 is 17.1 Å². The molecule has 0 aromatic heterocycles. The molecule has 0 bridgehead atoms. The molecule has 0 spiro atoms. The molecule has 2 aromatic carbocycles. The van der Waals surface area contributed by atoms with Crippen LogP contribution in [0.5, 0.6) is 5.75 Å².